The molecule has 0 radical (unpaired) electrons. The lowest BCUT2D eigenvalue weighted by Crippen LogP contribution is -2.49. The van der Waals surface area contributed by atoms with Crippen LogP contribution in [-0.2, 0) is 22.3 Å². The van der Waals surface area contributed by atoms with Crippen molar-refractivity contribution >= 4 is 11.9 Å². The molecule has 9 heteroatoms. The maximum Gasteiger partial charge on any atom is 0.416 e. The van der Waals surface area contributed by atoms with Crippen LogP contribution in [0, 0.1) is 17.3 Å². The Bertz CT molecular complexity index is 1310. The van der Waals surface area contributed by atoms with E-state index in [9.17, 15) is 22.8 Å². The molecule has 1 amide bonds. The van der Waals surface area contributed by atoms with Gasteiger partial charge in [-0.15, -0.1) is 0 Å². The van der Waals surface area contributed by atoms with E-state index in [2.05, 4.69) is 31.7 Å². The summed E-state index contributed by atoms with van der Waals surface area (Å²) in [6.45, 7) is 10.5. The van der Waals surface area contributed by atoms with Gasteiger partial charge in [0.25, 0.3) is 0 Å². The number of rotatable bonds is 6. The monoisotopic (exact) mass is 586 g/mol. The van der Waals surface area contributed by atoms with Crippen molar-refractivity contribution in [3.8, 4) is 5.75 Å². The molecule has 2 aromatic carbocycles. The Morgan fingerprint density at radius 1 is 1.14 bits per heavy atom. The van der Waals surface area contributed by atoms with Crippen LogP contribution in [0.15, 0.2) is 42.5 Å². The van der Waals surface area contributed by atoms with Gasteiger partial charge in [-0.05, 0) is 92.8 Å². The number of hydrogen-bond acceptors (Lipinski definition) is 5. The Hall–Kier alpha value is -3.07. The highest BCUT2D eigenvalue weighted by Crippen LogP contribution is 2.49. The summed E-state index contributed by atoms with van der Waals surface area (Å²) in [6.07, 6.45) is -1.11. The Morgan fingerprint density at radius 2 is 1.93 bits per heavy atom. The van der Waals surface area contributed by atoms with Crippen molar-refractivity contribution in [1.29, 1.82) is 0 Å². The van der Waals surface area contributed by atoms with Crippen molar-refractivity contribution in [3.05, 3.63) is 64.7 Å². The number of piperidine rings is 1. The van der Waals surface area contributed by atoms with Crippen LogP contribution in [0.25, 0.3) is 0 Å². The molecule has 42 heavy (non-hydrogen) atoms. The number of amides is 1. The molecule has 1 aliphatic carbocycles. The van der Waals surface area contributed by atoms with Gasteiger partial charge in [0, 0.05) is 18.2 Å². The molecule has 0 spiro atoms. The fourth-order valence-electron chi connectivity index (χ4n) is 7.31. The molecule has 5 rings (SSSR count). The molecule has 6 nitrogen and oxygen atoms in total. The molecular formula is C33H41F3N2O4. The topological polar surface area (TPSA) is 59.1 Å². The third-order valence-corrected chi connectivity index (χ3v) is 9.75. The van der Waals surface area contributed by atoms with Gasteiger partial charge in [0.2, 0.25) is 5.91 Å². The largest absolute Gasteiger partial charge is 0.473 e. The van der Waals surface area contributed by atoms with E-state index in [1.807, 2.05) is 12.1 Å². The molecule has 1 saturated heterocycles. The zero-order valence-corrected chi connectivity index (χ0v) is 24.9. The maximum atomic E-state index is 14.1. The molecule has 2 aromatic rings. The van der Waals surface area contributed by atoms with Gasteiger partial charge in [0.05, 0.1) is 29.7 Å². The summed E-state index contributed by atoms with van der Waals surface area (Å²) in [4.78, 5) is 30.5. The first-order valence-corrected chi connectivity index (χ1v) is 15.1. The van der Waals surface area contributed by atoms with E-state index < -0.39 is 17.2 Å². The Balaban J connectivity index is 1.26. The third kappa shape index (κ3) is 5.90. The number of carbonyl (C=O) groups is 2. The number of alkyl halides is 3. The number of ether oxygens (including phenoxy) is 2. The summed E-state index contributed by atoms with van der Waals surface area (Å²) in [5.74, 6) is 0.866. The van der Waals surface area contributed by atoms with Gasteiger partial charge in [-0.25, -0.2) is 4.79 Å². The standard InChI is InChI=1S/C33H41F3N2O4/c1-5-41-30(39)24-8-6-7-23(15-24)28-12-14-37(18-22(28)4)27-11-13-32(17-27,21(2)3)31(40)38-19-25-16-26(33(34,35)36)9-10-29(25)42-20-38/h6-10,15-16,21-22,27-28H,5,11-14,17-20H2,1-4H3/t22-,27-,28-,32+/m1/s1. The quantitative estimate of drug-likeness (QED) is 0.346. The predicted molar refractivity (Wildman–Crippen MR) is 153 cm³/mol. The number of nitrogens with zero attached hydrogens (tertiary/aromatic N) is 2. The molecule has 3 aliphatic rings. The third-order valence-electron chi connectivity index (χ3n) is 9.75. The molecule has 0 N–H and O–H groups in total. The fourth-order valence-corrected chi connectivity index (χ4v) is 7.31. The van der Waals surface area contributed by atoms with Gasteiger partial charge in [-0.1, -0.05) is 32.9 Å². The molecule has 2 fully saturated rings. The average Bonchev–Trinajstić information content (AvgIpc) is 3.43. The molecule has 4 atom stereocenters. The van der Waals surface area contributed by atoms with Gasteiger partial charge >= 0.3 is 12.1 Å². The lowest BCUT2D eigenvalue weighted by molar-refractivity contribution is -0.150. The smallest absolute Gasteiger partial charge is 0.416 e. The van der Waals surface area contributed by atoms with Crippen LogP contribution in [0.2, 0.25) is 0 Å². The predicted octanol–water partition coefficient (Wildman–Crippen LogP) is 6.88. The van der Waals surface area contributed by atoms with Crippen LogP contribution >= 0.6 is 0 Å². The van der Waals surface area contributed by atoms with Crippen LogP contribution in [0.3, 0.4) is 0 Å². The van der Waals surface area contributed by atoms with E-state index in [1.54, 1.807) is 17.9 Å². The summed E-state index contributed by atoms with van der Waals surface area (Å²) >= 11 is 0. The molecule has 0 unspecified atom stereocenters. The summed E-state index contributed by atoms with van der Waals surface area (Å²) in [5, 5.41) is 0. The van der Waals surface area contributed by atoms with Crippen molar-refractivity contribution in [2.24, 2.45) is 17.3 Å². The van der Waals surface area contributed by atoms with E-state index >= 15 is 0 Å². The number of halogens is 3. The lowest BCUT2D eigenvalue weighted by atomic mass is 9.74. The lowest BCUT2D eigenvalue weighted by Gasteiger charge is -2.42. The van der Waals surface area contributed by atoms with Gasteiger partial charge in [-0.3, -0.25) is 4.79 Å². The van der Waals surface area contributed by atoms with Crippen LogP contribution in [-0.4, -0.2) is 54.1 Å². The van der Waals surface area contributed by atoms with Gasteiger partial charge in [-0.2, -0.15) is 13.2 Å². The first-order valence-electron chi connectivity index (χ1n) is 15.1. The molecule has 1 saturated carbocycles. The van der Waals surface area contributed by atoms with Gasteiger partial charge < -0.3 is 19.3 Å². The molecule has 0 bridgehead atoms. The Morgan fingerprint density at radius 3 is 2.62 bits per heavy atom. The number of likely N-dealkylation sites (tertiary alicyclic amines) is 1. The second kappa shape index (κ2) is 11.9. The average molecular weight is 587 g/mol. The molecule has 228 valence electrons. The van der Waals surface area contributed by atoms with Gasteiger partial charge in [0.1, 0.15) is 5.75 Å². The van der Waals surface area contributed by atoms with E-state index in [1.165, 1.54) is 6.07 Å². The van der Waals surface area contributed by atoms with E-state index in [0.717, 1.165) is 56.5 Å². The Kier molecular flexibility index (Phi) is 8.61. The van der Waals surface area contributed by atoms with Crippen LogP contribution in [0.5, 0.6) is 5.75 Å². The normalized spacial score (nSPS) is 26.6. The van der Waals surface area contributed by atoms with Crippen molar-refractivity contribution in [2.45, 2.75) is 78.1 Å². The zero-order chi connectivity index (χ0) is 30.2. The number of hydrogen-bond donors (Lipinski definition) is 0. The number of esters is 1. The van der Waals surface area contributed by atoms with E-state index in [-0.39, 0.29) is 37.1 Å². The zero-order valence-electron chi connectivity index (χ0n) is 24.9. The maximum absolute atomic E-state index is 14.1. The SMILES string of the molecule is CCOC(=O)c1cccc([C@@H]2CCN([C@@H]3CC[C@@](C(=O)N4COc5ccc(C(F)(F)F)cc5C4)(C(C)C)C3)C[C@H]2C)c1. The highest BCUT2D eigenvalue weighted by molar-refractivity contribution is 5.89. The minimum atomic E-state index is -4.45. The van der Waals surface area contributed by atoms with E-state index in [0.29, 0.717) is 35.3 Å². The van der Waals surface area contributed by atoms with Gasteiger partial charge in [0.15, 0.2) is 6.73 Å². The summed E-state index contributed by atoms with van der Waals surface area (Å²) in [7, 11) is 0. The van der Waals surface area contributed by atoms with Crippen molar-refractivity contribution < 1.29 is 32.2 Å². The van der Waals surface area contributed by atoms with Crippen LogP contribution in [0.4, 0.5) is 13.2 Å². The summed E-state index contributed by atoms with van der Waals surface area (Å²) in [5.41, 5.74) is 0.815. The highest BCUT2D eigenvalue weighted by Gasteiger charge is 2.51. The van der Waals surface area contributed by atoms with Crippen LogP contribution < -0.4 is 4.74 Å². The fraction of sp³-hybridized carbons (Fsp3) is 0.576. The second-order valence-corrected chi connectivity index (χ2v) is 12.5. The van der Waals surface area contributed by atoms with E-state index in [4.69, 9.17) is 9.47 Å². The second-order valence-electron chi connectivity index (χ2n) is 12.5. The van der Waals surface area contributed by atoms with Crippen molar-refractivity contribution in [3.63, 3.8) is 0 Å². The molecular weight excluding hydrogens is 545 g/mol. The van der Waals surface area contributed by atoms with Crippen molar-refractivity contribution in [1.82, 2.24) is 9.80 Å². The van der Waals surface area contributed by atoms with Crippen LogP contribution in [0.1, 0.15) is 86.3 Å². The molecule has 0 aromatic heterocycles. The minimum Gasteiger partial charge on any atom is -0.473 e. The first kappa shape index (κ1) is 30.4. The molecule has 2 heterocycles. The first-order chi connectivity index (χ1) is 19.9. The summed E-state index contributed by atoms with van der Waals surface area (Å²) in [6, 6.07) is 11.5. The summed E-state index contributed by atoms with van der Waals surface area (Å²) < 4.78 is 50.9. The number of benzene rings is 2. The number of carbonyl (C=O) groups excluding carboxylic acids is 2. The molecule has 2 aliphatic heterocycles. The number of fused-ring (bicyclic) bond motifs is 1. The highest BCUT2D eigenvalue weighted by atomic mass is 19.4. The Labute approximate surface area is 246 Å². The minimum absolute atomic E-state index is 0.0261. The van der Waals surface area contributed by atoms with Crippen molar-refractivity contribution in [2.75, 3.05) is 26.4 Å².